The zero-order valence-corrected chi connectivity index (χ0v) is 14.9. The summed E-state index contributed by atoms with van der Waals surface area (Å²) in [7, 11) is 0. The molecule has 0 unspecified atom stereocenters. The average Bonchev–Trinajstić information content (AvgIpc) is 3.11. The number of carbonyl (C=O) groups is 1. The van der Waals surface area contributed by atoms with E-state index in [0.717, 1.165) is 51.1 Å². The fraction of sp³-hybridized carbons (Fsp3) is 0.450. The van der Waals surface area contributed by atoms with E-state index in [2.05, 4.69) is 15.3 Å². The van der Waals surface area contributed by atoms with Crippen LogP contribution in [0.5, 0.6) is 0 Å². The molecular weight excluding hydrogens is 328 g/mol. The van der Waals surface area contributed by atoms with Crippen LogP contribution in [0.4, 0.5) is 5.95 Å². The molecule has 0 saturated carbocycles. The maximum Gasteiger partial charge on any atom is 0.257 e. The highest BCUT2D eigenvalue weighted by molar-refractivity contribution is 5.94. The second-order valence-electron chi connectivity index (χ2n) is 7.22. The van der Waals surface area contributed by atoms with Crippen molar-refractivity contribution in [3.8, 4) is 0 Å². The third-order valence-electron chi connectivity index (χ3n) is 5.47. The first-order chi connectivity index (χ1) is 12.7. The summed E-state index contributed by atoms with van der Waals surface area (Å²) in [6, 6.07) is 10.1. The molecular formula is C20H24N4O2. The molecule has 0 radical (unpaired) electrons. The van der Waals surface area contributed by atoms with Gasteiger partial charge in [0, 0.05) is 45.2 Å². The molecule has 6 heteroatoms. The maximum atomic E-state index is 12.8. The van der Waals surface area contributed by atoms with Gasteiger partial charge in [-0.05, 0) is 30.2 Å². The monoisotopic (exact) mass is 352 g/mol. The van der Waals surface area contributed by atoms with E-state index in [4.69, 9.17) is 4.74 Å². The van der Waals surface area contributed by atoms with E-state index in [1.165, 1.54) is 0 Å². The molecule has 2 saturated heterocycles. The summed E-state index contributed by atoms with van der Waals surface area (Å²) in [6.45, 7) is 3.92. The molecule has 136 valence electrons. The number of benzene rings is 1. The van der Waals surface area contributed by atoms with E-state index in [-0.39, 0.29) is 11.3 Å². The van der Waals surface area contributed by atoms with Gasteiger partial charge in [0.25, 0.3) is 5.91 Å². The number of aromatic nitrogens is 2. The molecule has 1 spiro atoms. The third kappa shape index (κ3) is 3.70. The number of ether oxygens (including phenoxy) is 1. The summed E-state index contributed by atoms with van der Waals surface area (Å²) >= 11 is 0. The van der Waals surface area contributed by atoms with Gasteiger partial charge in [-0.2, -0.15) is 0 Å². The maximum absolute atomic E-state index is 12.8. The van der Waals surface area contributed by atoms with Crippen molar-refractivity contribution < 1.29 is 9.53 Å². The van der Waals surface area contributed by atoms with Crippen LogP contribution in [0.25, 0.3) is 0 Å². The molecule has 1 amide bonds. The normalized spacial score (nSPS) is 18.8. The molecule has 26 heavy (non-hydrogen) atoms. The van der Waals surface area contributed by atoms with Crippen LogP contribution in [0.3, 0.4) is 0 Å². The first-order valence-electron chi connectivity index (χ1n) is 9.21. The van der Waals surface area contributed by atoms with Gasteiger partial charge < -0.3 is 15.0 Å². The van der Waals surface area contributed by atoms with E-state index in [1.807, 2.05) is 35.2 Å². The summed E-state index contributed by atoms with van der Waals surface area (Å²) in [5, 5.41) is 3.18. The van der Waals surface area contributed by atoms with Crippen molar-refractivity contribution in [3.63, 3.8) is 0 Å². The lowest BCUT2D eigenvalue weighted by Gasteiger charge is -2.33. The number of hydrogen-bond acceptors (Lipinski definition) is 5. The number of likely N-dealkylation sites (tertiary alicyclic amines) is 1. The third-order valence-corrected chi connectivity index (χ3v) is 5.47. The lowest BCUT2D eigenvalue weighted by Crippen LogP contribution is -2.35. The van der Waals surface area contributed by atoms with E-state index < -0.39 is 0 Å². The van der Waals surface area contributed by atoms with Crippen molar-refractivity contribution in [2.75, 3.05) is 31.6 Å². The molecule has 4 rings (SSSR count). The molecule has 1 aromatic heterocycles. The molecule has 0 atom stereocenters. The predicted octanol–water partition coefficient (Wildman–Crippen LogP) is 2.73. The van der Waals surface area contributed by atoms with Crippen LogP contribution < -0.4 is 5.32 Å². The Kier molecular flexibility index (Phi) is 4.84. The molecule has 1 aromatic carbocycles. The van der Waals surface area contributed by atoms with Crippen molar-refractivity contribution >= 4 is 11.9 Å². The molecule has 3 heterocycles. The first-order valence-corrected chi connectivity index (χ1v) is 9.21. The van der Waals surface area contributed by atoms with Gasteiger partial charge in [0.15, 0.2) is 0 Å². The summed E-state index contributed by atoms with van der Waals surface area (Å²) in [6.07, 6.45) is 6.42. The lowest BCUT2D eigenvalue weighted by atomic mass is 9.80. The molecule has 2 fully saturated rings. The molecule has 2 aliphatic rings. The van der Waals surface area contributed by atoms with Gasteiger partial charge in [0.2, 0.25) is 5.95 Å². The Morgan fingerprint density at radius 3 is 2.58 bits per heavy atom. The predicted molar refractivity (Wildman–Crippen MR) is 98.8 cm³/mol. The van der Waals surface area contributed by atoms with Crippen LogP contribution in [0.2, 0.25) is 0 Å². The standard InChI is InChI=1S/C20H24N4O2/c25-18(24-9-6-20(15-24)7-10-26-11-8-20)17-13-22-19(23-14-17)21-12-16-4-2-1-3-5-16/h1-5,13-14H,6-12,15H2,(H,21,22,23). The van der Waals surface area contributed by atoms with E-state index >= 15 is 0 Å². The van der Waals surface area contributed by atoms with Crippen molar-refractivity contribution in [3.05, 3.63) is 53.9 Å². The van der Waals surface area contributed by atoms with Crippen LogP contribution in [0.1, 0.15) is 35.2 Å². The van der Waals surface area contributed by atoms with Crippen LogP contribution in [0.15, 0.2) is 42.7 Å². The largest absolute Gasteiger partial charge is 0.381 e. The quantitative estimate of drug-likeness (QED) is 0.916. The Bertz CT molecular complexity index is 742. The highest BCUT2D eigenvalue weighted by atomic mass is 16.5. The van der Waals surface area contributed by atoms with Crippen LogP contribution >= 0.6 is 0 Å². The average molecular weight is 352 g/mol. The minimum absolute atomic E-state index is 0.0305. The SMILES string of the molecule is O=C(c1cnc(NCc2ccccc2)nc1)N1CCC2(CCOCC2)C1. The number of hydrogen-bond donors (Lipinski definition) is 1. The van der Waals surface area contributed by atoms with Crippen molar-refractivity contribution in [1.29, 1.82) is 0 Å². The Labute approximate surface area is 153 Å². The van der Waals surface area contributed by atoms with Gasteiger partial charge in [-0.25, -0.2) is 9.97 Å². The Morgan fingerprint density at radius 1 is 1.12 bits per heavy atom. The molecule has 0 aliphatic carbocycles. The van der Waals surface area contributed by atoms with Gasteiger partial charge in [0.05, 0.1) is 5.56 Å². The highest BCUT2D eigenvalue weighted by Gasteiger charge is 2.41. The van der Waals surface area contributed by atoms with Gasteiger partial charge in [-0.1, -0.05) is 30.3 Å². The zero-order valence-electron chi connectivity index (χ0n) is 14.9. The van der Waals surface area contributed by atoms with Crippen molar-refractivity contribution in [2.24, 2.45) is 5.41 Å². The van der Waals surface area contributed by atoms with Crippen molar-refractivity contribution in [1.82, 2.24) is 14.9 Å². The second-order valence-corrected chi connectivity index (χ2v) is 7.22. The smallest absolute Gasteiger partial charge is 0.257 e. The zero-order chi connectivity index (χ0) is 17.8. The van der Waals surface area contributed by atoms with E-state index in [0.29, 0.717) is 18.1 Å². The minimum atomic E-state index is 0.0305. The number of carbonyl (C=O) groups excluding carboxylic acids is 1. The minimum Gasteiger partial charge on any atom is -0.381 e. The first kappa shape index (κ1) is 17.0. The van der Waals surface area contributed by atoms with Crippen LogP contribution in [-0.4, -0.2) is 47.1 Å². The van der Waals surface area contributed by atoms with Crippen LogP contribution in [-0.2, 0) is 11.3 Å². The second kappa shape index (κ2) is 7.41. The number of amides is 1. The Balaban J connectivity index is 1.35. The lowest BCUT2D eigenvalue weighted by molar-refractivity contribution is 0.0191. The molecule has 1 N–H and O–H groups in total. The van der Waals surface area contributed by atoms with E-state index in [1.54, 1.807) is 12.4 Å². The summed E-state index contributed by atoms with van der Waals surface area (Å²) in [4.78, 5) is 23.3. The molecule has 0 bridgehead atoms. The van der Waals surface area contributed by atoms with Gasteiger partial charge in [-0.15, -0.1) is 0 Å². The molecule has 2 aliphatic heterocycles. The fourth-order valence-corrected chi connectivity index (χ4v) is 3.81. The van der Waals surface area contributed by atoms with E-state index in [9.17, 15) is 4.79 Å². The topological polar surface area (TPSA) is 67.4 Å². The van der Waals surface area contributed by atoms with Gasteiger partial charge in [-0.3, -0.25) is 4.79 Å². The number of rotatable bonds is 4. The summed E-state index contributed by atoms with van der Waals surface area (Å²) in [5.74, 6) is 0.565. The molecule has 2 aromatic rings. The number of nitrogens with zero attached hydrogens (tertiary/aromatic N) is 3. The van der Waals surface area contributed by atoms with Gasteiger partial charge >= 0.3 is 0 Å². The van der Waals surface area contributed by atoms with Crippen LogP contribution in [0, 0.1) is 5.41 Å². The van der Waals surface area contributed by atoms with Gasteiger partial charge in [0.1, 0.15) is 0 Å². The highest BCUT2D eigenvalue weighted by Crippen LogP contribution is 2.40. The number of anilines is 1. The van der Waals surface area contributed by atoms with Crippen molar-refractivity contribution in [2.45, 2.75) is 25.8 Å². The summed E-state index contributed by atoms with van der Waals surface area (Å²) < 4.78 is 5.47. The Morgan fingerprint density at radius 2 is 1.85 bits per heavy atom. The summed E-state index contributed by atoms with van der Waals surface area (Å²) in [5.41, 5.74) is 1.97. The number of nitrogens with one attached hydrogen (secondary N) is 1. The Hall–Kier alpha value is -2.47. The fourth-order valence-electron chi connectivity index (χ4n) is 3.81. The molecule has 6 nitrogen and oxygen atoms in total.